The van der Waals surface area contributed by atoms with E-state index in [9.17, 15) is 9.59 Å². The molecular formula is C19H27N3O3. The highest BCUT2D eigenvalue weighted by molar-refractivity contribution is 5.90. The summed E-state index contributed by atoms with van der Waals surface area (Å²) in [4.78, 5) is 29.0. The molecule has 25 heavy (non-hydrogen) atoms. The average molecular weight is 345 g/mol. The van der Waals surface area contributed by atoms with Crippen LogP contribution in [0, 0.1) is 11.8 Å². The minimum atomic E-state index is -0.306. The first-order valence-electron chi connectivity index (χ1n) is 8.88. The van der Waals surface area contributed by atoms with E-state index in [0.29, 0.717) is 12.3 Å². The molecule has 0 bridgehead atoms. The Kier molecular flexibility index (Phi) is 5.27. The third kappa shape index (κ3) is 3.49. The molecule has 6 heteroatoms. The zero-order valence-corrected chi connectivity index (χ0v) is 15.2. The zero-order chi connectivity index (χ0) is 18.0. The van der Waals surface area contributed by atoms with E-state index in [-0.39, 0.29) is 23.8 Å². The molecule has 0 aromatic heterocycles. The van der Waals surface area contributed by atoms with Gasteiger partial charge in [-0.25, -0.2) is 0 Å². The fraction of sp³-hybridized carbons (Fsp3) is 0.579. The summed E-state index contributed by atoms with van der Waals surface area (Å²) in [5.74, 6) is 1.11. The Morgan fingerprint density at radius 2 is 2.04 bits per heavy atom. The van der Waals surface area contributed by atoms with E-state index < -0.39 is 0 Å². The summed E-state index contributed by atoms with van der Waals surface area (Å²) >= 11 is 0. The fourth-order valence-electron chi connectivity index (χ4n) is 4.07. The summed E-state index contributed by atoms with van der Waals surface area (Å²) in [6.07, 6.45) is 1.31. The number of methoxy groups -OCH3 is 1. The van der Waals surface area contributed by atoms with Crippen LogP contribution in [0.3, 0.4) is 0 Å². The van der Waals surface area contributed by atoms with Gasteiger partial charge >= 0.3 is 0 Å². The normalized spacial score (nSPS) is 26.4. The number of benzene rings is 1. The molecule has 1 aromatic carbocycles. The number of hydrogen-bond acceptors (Lipinski definition) is 4. The molecule has 0 spiro atoms. The number of likely N-dealkylation sites (tertiary alicyclic amines) is 2. The summed E-state index contributed by atoms with van der Waals surface area (Å²) < 4.78 is 5.21. The first-order valence-corrected chi connectivity index (χ1v) is 8.88. The van der Waals surface area contributed by atoms with Crippen molar-refractivity contribution < 1.29 is 14.3 Å². The van der Waals surface area contributed by atoms with Crippen LogP contribution in [-0.2, 0) is 9.59 Å². The first kappa shape index (κ1) is 17.7. The molecule has 3 unspecified atom stereocenters. The van der Waals surface area contributed by atoms with Crippen LogP contribution in [0.15, 0.2) is 24.3 Å². The van der Waals surface area contributed by atoms with Crippen LogP contribution in [0.2, 0.25) is 0 Å². The molecular weight excluding hydrogens is 318 g/mol. The minimum absolute atomic E-state index is 0.0325. The predicted molar refractivity (Wildman–Crippen MR) is 95.2 cm³/mol. The van der Waals surface area contributed by atoms with Gasteiger partial charge in [-0.05, 0) is 43.6 Å². The van der Waals surface area contributed by atoms with E-state index >= 15 is 0 Å². The summed E-state index contributed by atoms with van der Waals surface area (Å²) in [7, 11) is 5.36. The van der Waals surface area contributed by atoms with E-state index in [4.69, 9.17) is 4.74 Å². The van der Waals surface area contributed by atoms with Gasteiger partial charge in [0.1, 0.15) is 5.75 Å². The molecule has 2 aliphatic rings. The third-order valence-electron chi connectivity index (χ3n) is 5.45. The van der Waals surface area contributed by atoms with Crippen molar-refractivity contribution in [3.05, 3.63) is 29.8 Å². The standard InChI is InChI=1S/C19H27N3O3/c1-20-11-13-8-9-22(12-13)19(24)16-10-17(23)21(2)18(16)14-4-6-15(25-3)7-5-14/h4-7,13,16,18,20H,8-12H2,1-3H3. The maximum atomic E-state index is 13.1. The highest BCUT2D eigenvalue weighted by atomic mass is 16.5. The number of nitrogens with zero attached hydrogens (tertiary/aromatic N) is 2. The molecule has 1 N–H and O–H groups in total. The Balaban J connectivity index is 1.78. The molecule has 2 saturated heterocycles. The molecule has 136 valence electrons. The third-order valence-corrected chi connectivity index (χ3v) is 5.45. The maximum Gasteiger partial charge on any atom is 0.228 e. The molecule has 2 aliphatic heterocycles. The molecule has 2 fully saturated rings. The average Bonchev–Trinajstić information content (AvgIpc) is 3.20. The van der Waals surface area contributed by atoms with E-state index in [2.05, 4.69) is 5.32 Å². The van der Waals surface area contributed by atoms with E-state index in [0.717, 1.165) is 37.4 Å². The van der Waals surface area contributed by atoms with Gasteiger partial charge in [-0.1, -0.05) is 12.1 Å². The number of hydrogen-bond donors (Lipinski definition) is 1. The van der Waals surface area contributed by atoms with Crippen molar-refractivity contribution in [2.24, 2.45) is 11.8 Å². The zero-order valence-electron chi connectivity index (χ0n) is 15.2. The predicted octanol–water partition coefficient (Wildman–Crippen LogP) is 1.28. The van der Waals surface area contributed by atoms with Crippen molar-refractivity contribution in [3.8, 4) is 5.75 Å². The van der Waals surface area contributed by atoms with Crippen LogP contribution in [0.1, 0.15) is 24.4 Å². The number of amides is 2. The van der Waals surface area contributed by atoms with Crippen LogP contribution in [0.5, 0.6) is 5.75 Å². The number of carbonyl (C=O) groups excluding carboxylic acids is 2. The second-order valence-corrected chi connectivity index (χ2v) is 7.03. The quantitative estimate of drug-likeness (QED) is 0.873. The van der Waals surface area contributed by atoms with Gasteiger partial charge in [-0.15, -0.1) is 0 Å². The van der Waals surface area contributed by atoms with E-state index in [1.54, 1.807) is 19.1 Å². The van der Waals surface area contributed by atoms with Gasteiger partial charge in [0.25, 0.3) is 0 Å². The lowest BCUT2D eigenvalue weighted by molar-refractivity contribution is -0.135. The highest BCUT2D eigenvalue weighted by Gasteiger charge is 2.45. The van der Waals surface area contributed by atoms with Crippen LogP contribution in [0.4, 0.5) is 0 Å². The summed E-state index contributed by atoms with van der Waals surface area (Å²) in [6, 6.07) is 7.46. The van der Waals surface area contributed by atoms with Crippen molar-refractivity contribution in [3.63, 3.8) is 0 Å². The second-order valence-electron chi connectivity index (χ2n) is 7.03. The second kappa shape index (κ2) is 7.44. The van der Waals surface area contributed by atoms with E-state index in [1.807, 2.05) is 36.2 Å². The summed E-state index contributed by atoms with van der Waals surface area (Å²) in [5, 5.41) is 3.19. The number of carbonyl (C=O) groups is 2. The van der Waals surface area contributed by atoms with Crippen LogP contribution in [-0.4, -0.2) is 62.5 Å². The van der Waals surface area contributed by atoms with Gasteiger partial charge < -0.3 is 19.9 Å². The van der Waals surface area contributed by atoms with Crippen LogP contribution < -0.4 is 10.1 Å². The van der Waals surface area contributed by atoms with Crippen LogP contribution >= 0.6 is 0 Å². The lowest BCUT2D eigenvalue weighted by atomic mass is 9.92. The molecule has 0 aliphatic carbocycles. The monoisotopic (exact) mass is 345 g/mol. The Labute approximate surface area is 149 Å². The first-order chi connectivity index (χ1) is 12.0. The van der Waals surface area contributed by atoms with Crippen molar-refractivity contribution in [1.29, 1.82) is 0 Å². The highest BCUT2D eigenvalue weighted by Crippen LogP contribution is 2.39. The van der Waals surface area contributed by atoms with Gasteiger partial charge in [0.05, 0.1) is 19.1 Å². The van der Waals surface area contributed by atoms with Crippen LogP contribution in [0.25, 0.3) is 0 Å². The summed E-state index contributed by atoms with van der Waals surface area (Å²) in [5.41, 5.74) is 0.985. The smallest absolute Gasteiger partial charge is 0.228 e. The summed E-state index contributed by atoms with van der Waals surface area (Å²) in [6.45, 7) is 2.49. The Hall–Kier alpha value is -2.08. The molecule has 3 rings (SSSR count). The lowest BCUT2D eigenvalue weighted by Crippen LogP contribution is -2.37. The SMILES string of the molecule is CNCC1CCN(C(=O)C2CC(=O)N(C)C2c2ccc(OC)cc2)C1. The van der Waals surface area contributed by atoms with Crippen molar-refractivity contribution >= 4 is 11.8 Å². The molecule has 2 heterocycles. The van der Waals surface area contributed by atoms with Gasteiger partial charge in [0, 0.05) is 26.6 Å². The fourth-order valence-corrected chi connectivity index (χ4v) is 4.07. The Bertz CT molecular complexity index is 631. The molecule has 0 radical (unpaired) electrons. The maximum absolute atomic E-state index is 13.1. The van der Waals surface area contributed by atoms with Gasteiger partial charge in [0.2, 0.25) is 11.8 Å². The van der Waals surface area contributed by atoms with Gasteiger partial charge in [-0.3, -0.25) is 9.59 Å². The Morgan fingerprint density at radius 3 is 2.68 bits per heavy atom. The van der Waals surface area contributed by atoms with Crippen molar-refractivity contribution in [2.45, 2.75) is 18.9 Å². The van der Waals surface area contributed by atoms with Gasteiger partial charge in [-0.2, -0.15) is 0 Å². The molecule has 2 amide bonds. The van der Waals surface area contributed by atoms with Crippen molar-refractivity contribution in [2.75, 3.05) is 40.8 Å². The minimum Gasteiger partial charge on any atom is -0.497 e. The Morgan fingerprint density at radius 1 is 1.32 bits per heavy atom. The largest absolute Gasteiger partial charge is 0.497 e. The molecule has 1 aromatic rings. The molecule has 0 saturated carbocycles. The topological polar surface area (TPSA) is 61.9 Å². The molecule has 3 atom stereocenters. The lowest BCUT2D eigenvalue weighted by Gasteiger charge is -2.28. The van der Waals surface area contributed by atoms with Crippen molar-refractivity contribution in [1.82, 2.24) is 15.1 Å². The number of nitrogens with one attached hydrogen (secondary N) is 1. The van der Waals surface area contributed by atoms with Gasteiger partial charge in [0.15, 0.2) is 0 Å². The number of rotatable bonds is 5. The number of ether oxygens (including phenoxy) is 1. The van der Waals surface area contributed by atoms with E-state index in [1.165, 1.54) is 0 Å². The molecule has 6 nitrogen and oxygen atoms in total.